The fourth-order valence-corrected chi connectivity index (χ4v) is 6.41. The van der Waals surface area contributed by atoms with Crippen LogP contribution >= 0.6 is 0 Å². The molecule has 1 aliphatic heterocycles. The third kappa shape index (κ3) is 2.57. The Morgan fingerprint density at radius 2 is 1.86 bits per heavy atom. The lowest BCUT2D eigenvalue weighted by molar-refractivity contribution is -0.211. The highest BCUT2D eigenvalue weighted by Crippen LogP contribution is 2.64. The molecule has 12 heteroatoms. The summed E-state index contributed by atoms with van der Waals surface area (Å²) in [5.74, 6) is -0.492. The zero-order chi connectivity index (χ0) is 20.6. The summed E-state index contributed by atoms with van der Waals surface area (Å²) in [6.07, 6.45) is -2.70. The van der Waals surface area contributed by atoms with Crippen molar-refractivity contribution in [2.45, 2.75) is 69.1 Å². The van der Waals surface area contributed by atoms with Crippen LogP contribution in [0.4, 0.5) is 17.6 Å². The van der Waals surface area contributed by atoms with Crippen molar-refractivity contribution in [3.8, 4) is 0 Å². The second kappa shape index (κ2) is 5.96. The molecule has 8 nitrogen and oxygen atoms in total. The summed E-state index contributed by atoms with van der Waals surface area (Å²) < 4.78 is 53.6. The molecule has 6 rings (SSSR count). The zero-order valence-electron chi connectivity index (χ0n) is 15.4. The van der Waals surface area contributed by atoms with Gasteiger partial charge in [0.05, 0.1) is 11.0 Å². The molecule has 1 N–H and O–H groups in total. The predicted octanol–water partition coefficient (Wildman–Crippen LogP) is 1.78. The van der Waals surface area contributed by atoms with Gasteiger partial charge in [-0.25, -0.2) is 17.6 Å². The Morgan fingerprint density at radius 1 is 1.17 bits per heavy atom. The number of aliphatic hydroxyl groups is 1. The average Bonchev–Trinajstić information content (AvgIpc) is 3.29. The Morgan fingerprint density at radius 3 is 2.41 bits per heavy atom. The highest BCUT2D eigenvalue weighted by molar-refractivity contribution is 5.94. The number of amides is 1. The lowest BCUT2D eigenvalue weighted by atomic mass is 9.46. The number of alkyl halides is 4. The maximum absolute atomic E-state index is 13.6. The molecule has 0 unspecified atom stereocenters. The topological polar surface area (TPSA) is 96.5 Å². The minimum atomic E-state index is -3.42. The van der Waals surface area contributed by atoms with E-state index in [1.54, 1.807) is 0 Å². The highest BCUT2D eigenvalue weighted by Gasteiger charge is 2.65. The molecule has 4 bridgehead atoms. The summed E-state index contributed by atoms with van der Waals surface area (Å²) in [6.45, 7) is 0. The van der Waals surface area contributed by atoms with Gasteiger partial charge in [-0.1, -0.05) is 0 Å². The Balaban J connectivity index is 1.54. The van der Waals surface area contributed by atoms with Gasteiger partial charge >= 0.3 is 0 Å². The molecular formula is C17H20F4N6O2. The number of aromatic nitrogens is 4. The molecule has 4 saturated carbocycles. The second-order valence-corrected chi connectivity index (χ2v) is 9.06. The molecule has 2 heterocycles. The summed E-state index contributed by atoms with van der Waals surface area (Å²) in [7, 11) is 0. The maximum atomic E-state index is 13.6. The van der Waals surface area contributed by atoms with E-state index in [4.69, 9.17) is 0 Å². The van der Waals surface area contributed by atoms with Crippen LogP contribution in [0.25, 0.3) is 0 Å². The molecule has 29 heavy (non-hydrogen) atoms. The zero-order valence-corrected chi connectivity index (χ0v) is 15.4. The van der Waals surface area contributed by atoms with Crippen LogP contribution in [-0.2, 0) is 10.3 Å². The molecule has 0 spiro atoms. The van der Waals surface area contributed by atoms with Crippen LogP contribution in [0.1, 0.15) is 44.9 Å². The fraction of sp³-hybridized carbons (Fsp3) is 0.824. The minimum absolute atomic E-state index is 0.159. The first-order valence-electron chi connectivity index (χ1n) is 9.62. The standard InChI is InChI=1S/C17H20F4N6O2/c18-12(19)11-6-17(29,13(20)21)26(24-11)14(28)15-2-9-1-10(3-15)5-16(4-9,7-15)27-23-8-22-25-27/h8-10,12-13,29H,1-7H2/t9-,10-,15?,16?,17+/m0/s1. The second-order valence-electron chi connectivity index (χ2n) is 9.06. The van der Waals surface area contributed by atoms with E-state index in [-0.39, 0.29) is 23.3 Å². The van der Waals surface area contributed by atoms with E-state index in [1.165, 1.54) is 11.1 Å². The summed E-state index contributed by atoms with van der Waals surface area (Å²) in [4.78, 5) is 15.0. The van der Waals surface area contributed by atoms with E-state index in [2.05, 4.69) is 20.5 Å². The van der Waals surface area contributed by atoms with Gasteiger partial charge in [0, 0.05) is 6.42 Å². The van der Waals surface area contributed by atoms with Gasteiger partial charge in [-0.2, -0.15) is 14.9 Å². The van der Waals surface area contributed by atoms with Gasteiger partial charge in [-0.05, 0) is 55.6 Å². The third-order valence-electron chi connectivity index (χ3n) is 7.09. The van der Waals surface area contributed by atoms with Gasteiger partial charge in [-0.3, -0.25) is 4.79 Å². The molecule has 0 saturated heterocycles. The number of tetrazole rings is 1. The third-order valence-corrected chi connectivity index (χ3v) is 7.09. The first-order chi connectivity index (χ1) is 13.7. The summed E-state index contributed by atoms with van der Waals surface area (Å²) in [6, 6.07) is 0. The summed E-state index contributed by atoms with van der Waals surface area (Å²) >= 11 is 0. The molecule has 5 aliphatic rings. The lowest BCUT2D eigenvalue weighted by Gasteiger charge is -2.60. The van der Waals surface area contributed by atoms with Gasteiger partial charge in [0.15, 0.2) is 6.33 Å². The number of hydrazone groups is 1. The number of hydrogen-bond donors (Lipinski definition) is 1. The molecule has 1 aromatic heterocycles. The molecule has 0 radical (unpaired) electrons. The van der Waals surface area contributed by atoms with Crippen LogP contribution in [0.3, 0.4) is 0 Å². The van der Waals surface area contributed by atoms with Crippen molar-refractivity contribution >= 4 is 11.6 Å². The lowest BCUT2D eigenvalue weighted by Crippen LogP contribution is -2.64. The highest BCUT2D eigenvalue weighted by atomic mass is 19.3. The maximum Gasteiger partial charge on any atom is 0.287 e. The average molecular weight is 416 g/mol. The van der Waals surface area contributed by atoms with Gasteiger partial charge in [-0.15, -0.1) is 10.2 Å². The van der Waals surface area contributed by atoms with Crippen molar-refractivity contribution in [3.05, 3.63) is 6.33 Å². The smallest absolute Gasteiger partial charge is 0.287 e. The van der Waals surface area contributed by atoms with E-state index in [0.717, 1.165) is 19.3 Å². The van der Waals surface area contributed by atoms with E-state index < -0.39 is 47.6 Å². The minimum Gasteiger partial charge on any atom is -0.364 e. The van der Waals surface area contributed by atoms with E-state index in [9.17, 15) is 27.5 Å². The van der Waals surface area contributed by atoms with Crippen LogP contribution in [0.2, 0.25) is 0 Å². The molecule has 3 atom stereocenters. The molecule has 1 aromatic rings. The first-order valence-corrected chi connectivity index (χ1v) is 9.62. The molecule has 1 amide bonds. The largest absolute Gasteiger partial charge is 0.364 e. The van der Waals surface area contributed by atoms with Crippen molar-refractivity contribution in [1.29, 1.82) is 0 Å². The quantitative estimate of drug-likeness (QED) is 0.755. The van der Waals surface area contributed by atoms with Gasteiger partial charge in [0.2, 0.25) is 5.72 Å². The predicted molar refractivity (Wildman–Crippen MR) is 88.8 cm³/mol. The Bertz CT molecular complexity index is 848. The number of rotatable bonds is 4. The molecule has 4 fully saturated rings. The SMILES string of the molecule is O=C(N1N=C(C(F)F)C[C@@]1(O)C(F)F)C12C[C@@H]3C[C@@H](C1)CC(n1ncnn1)(C3)C2. The van der Waals surface area contributed by atoms with Crippen LogP contribution in [0, 0.1) is 17.3 Å². The van der Waals surface area contributed by atoms with Crippen molar-refractivity contribution in [2.75, 3.05) is 0 Å². The van der Waals surface area contributed by atoms with Gasteiger partial charge in [0.25, 0.3) is 18.8 Å². The monoisotopic (exact) mass is 416 g/mol. The van der Waals surface area contributed by atoms with Crippen LogP contribution < -0.4 is 0 Å². The van der Waals surface area contributed by atoms with Crippen molar-refractivity contribution in [3.63, 3.8) is 0 Å². The Kier molecular flexibility index (Phi) is 3.88. The van der Waals surface area contributed by atoms with E-state index in [1.807, 2.05) is 0 Å². The molecule has 158 valence electrons. The molecular weight excluding hydrogens is 396 g/mol. The normalized spacial score (nSPS) is 40.9. The molecule has 4 aliphatic carbocycles. The fourth-order valence-electron chi connectivity index (χ4n) is 6.41. The van der Waals surface area contributed by atoms with Crippen LogP contribution in [-0.4, -0.2) is 60.5 Å². The van der Waals surface area contributed by atoms with Crippen molar-refractivity contribution in [2.24, 2.45) is 22.4 Å². The van der Waals surface area contributed by atoms with Crippen molar-refractivity contribution in [1.82, 2.24) is 25.2 Å². The summed E-state index contributed by atoms with van der Waals surface area (Å²) in [5, 5.41) is 26.1. The number of hydrogen-bond acceptors (Lipinski definition) is 6. The van der Waals surface area contributed by atoms with Crippen molar-refractivity contribution < 1.29 is 27.5 Å². The summed E-state index contributed by atoms with van der Waals surface area (Å²) in [5.41, 5.74) is -5.58. The van der Waals surface area contributed by atoms with Crippen LogP contribution in [0.5, 0.6) is 0 Å². The van der Waals surface area contributed by atoms with E-state index >= 15 is 0 Å². The number of nitrogens with zero attached hydrogens (tertiary/aromatic N) is 6. The number of carbonyl (C=O) groups is 1. The number of halogens is 4. The van der Waals surface area contributed by atoms with Gasteiger partial charge in [0.1, 0.15) is 5.71 Å². The van der Waals surface area contributed by atoms with Gasteiger partial charge < -0.3 is 5.11 Å². The first kappa shape index (κ1) is 18.9. The Labute approximate surface area is 162 Å². The van der Waals surface area contributed by atoms with Crippen LogP contribution in [0.15, 0.2) is 11.4 Å². The van der Waals surface area contributed by atoms with E-state index in [0.29, 0.717) is 12.8 Å². The molecule has 0 aromatic carbocycles. The Hall–Kier alpha value is -2.11. The number of carbonyl (C=O) groups excluding carboxylic acids is 1.